The number of rotatable bonds is 4. The van der Waals surface area contributed by atoms with Gasteiger partial charge in [0.15, 0.2) is 0 Å². The van der Waals surface area contributed by atoms with Gasteiger partial charge in [-0.1, -0.05) is 30.3 Å². The molecule has 4 rings (SSSR count). The van der Waals surface area contributed by atoms with Gasteiger partial charge in [0.2, 0.25) is 0 Å². The van der Waals surface area contributed by atoms with Crippen LogP contribution in [-0.2, 0) is 4.57 Å². The molecule has 0 unspecified atom stereocenters. The Balaban J connectivity index is 1.45. The predicted octanol–water partition coefficient (Wildman–Crippen LogP) is 4.32. The van der Waals surface area contributed by atoms with Crippen molar-refractivity contribution in [2.24, 2.45) is 11.8 Å². The lowest BCUT2D eigenvalue weighted by molar-refractivity contribution is 0.391. The fraction of sp³-hybridized carbons (Fsp3) is 0.450. The third kappa shape index (κ3) is 3.02. The van der Waals surface area contributed by atoms with Gasteiger partial charge in [0.1, 0.15) is 13.0 Å². The number of aromatic nitrogens is 1. The molecule has 1 N–H and O–H groups in total. The van der Waals surface area contributed by atoms with Crippen molar-refractivity contribution in [2.75, 3.05) is 18.6 Å². The third-order valence-corrected chi connectivity index (χ3v) is 7.31. The first-order valence-electron chi connectivity index (χ1n) is 8.84. The minimum atomic E-state index is -2.23. The average molecular weight is 340 g/mol. The summed E-state index contributed by atoms with van der Waals surface area (Å²) in [6, 6.07) is 15.3. The molecule has 2 aliphatic carbocycles. The molecule has 24 heavy (non-hydrogen) atoms. The summed E-state index contributed by atoms with van der Waals surface area (Å²) in [5.41, 5.74) is 1.50. The average Bonchev–Trinajstić information content (AvgIpc) is 3.15. The molecule has 0 saturated heterocycles. The molecule has 3 nitrogen and oxygen atoms in total. The Morgan fingerprint density at radius 3 is 2.50 bits per heavy atom. The molecule has 2 aliphatic rings. The number of pyridine rings is 1. The van der Waals surface area contributed by atoms with Crippen LogP contribution < -0.4 is 10.6 Å². The Morgan fingerprint density at radius 1 is 1.04 bits per heavy atom. The van der Waals surface area contributed by atoms with E-state index in [1.807, 2.05) is 25.5 Å². The second kappa shape index (κ2) is 6.04. The van der Waals surface area contributed by atoms with Crippen LogP contribution in [0.15, 0.2) is 48.7 Å². The zero-order chi connectivity index (χ0) is 16.7. The van der Waals surface area contributed by atoms with Gasteiger partial charge in [0.25, 0.3) is 0 Å². The molecular formula is C20H25N2OP. The molecule has 2 fully saturated rings. The van der Waals surface area contributed by atoms with E-state index in [0.29, 0.717) is 6.04 Å². The molecule has 1 aromatic carbocycles. The summed E-state index contributed by atoms with van der Waals surface area (Å²) in [7, 11) is -2.23. The van der Waals surface area contributed by atoms with Gasteiger partial charge in [-0.15, -0.1) is 0 Å². The highest BCUT2D eigenvalue weighted by Gasteiger charge is 2.46. The normalized spacial score (nSPS) is 28.9. The lowest BCUT2D eigenvalue weighted by Gasteiger charge is -2.29. The molecule has 2 saturated carbocycles. The van der Waals surface area contributed by atoms with Gasteiger partial charge < -0.3 is 9.88 Å². The molecule has 4 atom stereocenters. The van der Waals surface area contributed by atoms with Gasteiger partial charge in [0.05, 0.1) is 0 Å². The smallest absolute Gasteiger partial charge is 0.126 e. The molecule has 126 valence electrons. The van der Waals surface area contributed by atoms with Crippen molar-refractivity contribution < 1.29 is 4.57 Å². The molecule has 1 aromatic heterocycles. The Labute approximate surface area is 144 Å². The molecular weight excluding hydrogens is 315 g/mol. The van der Waals surface area contributed by atoms with E-state index in [-0.39, 0.29) is 0 Å². The van der Waals surface area contributed by atoms with Crippen LogP contribution in [0.3, 0.4) is 0 Å². The Hall–Kier alpha value is -1.60. The lowest BCUT2D eigenvalue weighted by atomic mass is 9.81. The van der Waals surface area contributed by atoms with Crippen LogP contribution in [0.25, 0.3) is 0 Å². The van der Waals surface area contributed by atoms with Gasteiger partial charge >= 0.3 is 0 Å². The van der Waals surface area contributed by atoms with Crippen LogP contribution in [0.2, 0.25) is 0 Å². The van der Waals surface area contributed by atoms with E-state index in [9.17, 15) is 4.57 Å². The van der Waals surface area contributed by atoms with Crippen molar-refractivity contribution in [3.05, 3.63) is 54.2 Å². The standard InChI is InChI=1S/C20H25N2OP/c1-24(2,23)17-8-9-21-20(13-17)22-19-12-15-10-16(19)11-18(15)14-6-4-3-5-7-14/h3-9,13,15-16,18-19H,10-12H2,1-2H3,(H,21,22)/t15-,16-,18+,19-/m1/s1. The Kier molecular flexibility index (Phi) is 4.00. The molecule has 0 spiro atoms. The molecule has 0 amide bonds. The zero-order valence-corrected chi connectivity index (χ0v) is 15.2. The summed E-state index contributed by atoms with van der Waals surface area (Å²) in [6.07, 6.45) is 5.58. The van der Waals surface area contributed by atoms with Crippen molar-refractivity contribution in [2.45, 2.75) is 31.2 Å². The van der Waals surface area contributed by atoms with Crippen LogP contribution in [0, 0.1) is 11.8 Å². The molecule has 4 heteroatoms. The minimum Gasteiger partial charge on any atom is -0.367 e. The van der Waals surface area contributed by atoms with Gasteiger partial charge in [0, 0.05) is 17.5 Å². The molecule has 2 aromatic rings. The maximum Gasteiger partial charge on any atom is 0.126 e. The van der Waals surface area contributed by atoms with Crippen LogP contribution in [0.5, 0.6) is 0 Å². The van der Waals surface area contributed by atoms with E-state index in [1.165, 1.54) is 24.8 Å². The Morgan fingerprint density at radius 2 is 1.83 bits per heavy atom. The molecule has 1 heterocycles. The zero-order valence-electron chi connectivity index (χ0n) is 14.4. The van der Waals surface area contributed by atoms with Crippen molar-refractivity contribution >= 4 is 18.3 Å². The maximum atomic E-state index is 12.3. The first-order valence-corrected chi connectivity index (χ1v) is 11.4. The molecule has 2 bridgehead atoms. The number of nitrogens with one attached hydrogen (secondary N) is 1. The number of hydrogen-bond acceptors (Lipinski definition) is 3. The fourth-order valence-corrected chi connectivity index (χ4v) is 5.44. The van der Waals surface area contributed by atoms with Crippen LogP contribution in [0.4, 0.5) is 5.82 Å². The van der Waals surface area contributed by atoms with Crippen molar-refractivity contribution in [3.8, 4) is 0 Å². The summed E-state index contributed by atoms with van der Waals surface area (Å²) < 4.78 is 12.3. The largest absolute Gasteiger partial charge is 0.367 e. The van der Waals surface area contributed by atoms with Crippen molar-refractivity contribution in [1.29, 1.82) is 0 Å². The summed E-state index contributed by atoms with van der Waals surface area (Å²) >= 11 is 0. The SMILES string of the molecule is CP(C)(=O)c1ccnc(N[C@@H]2C[C@H]3C[C@@H]2C[C@H]3c2ccccc2)c1. The van der Waals surface area contributed by atoms with Gasteiger partial charge in [-0.3, -0.25) is 0 Å². The van der Waals surface area contributed by atoms with E-state index < -0.39 is 7.14 Å². The maximum absolute atomic E-state index is 12.3. The molecule has 0 aliphatic heterocycles. The monoisotopic (exact) mass is 340 g/mol. The van der Waals surface area contributed by atoms with Crippen molar-refractivity contribution in [1.82, 2.24) is 4.98 Å². The number of anilines is 1. The Bertz CT molecular complexity index is 770. The number of nitrogens with zero attached hydrogens (tertiary/aromatic N) is 1. The fourth-order valence-electron chi connectivity index (χ4n) is 4.58. The second-order valence-corrected chi connectivity index (χ2v) is 11.0. The summed E-state index contributed by atoms with van der Waals surface area (Å²) in [5.74, 6) is 3.10. The third-order valence-electron chi connectivity index (χ3n) is 5.78. The summed E-state index contributed by atoms with van der Waals surface area (Å²) in [6.45, 7) is 3.63. The van der Waals surface area contributed by atoms with E-state index in [4.69, 9.17) is 0 Å². The van der Waals surface area contributed by atoms with Gasteiger partial charge in [-0.2, -0.15) is 0 Å². The van der Waals surface area contributed by atoms with E-state index >= 15 is 0 Å². The lowest BCUT2D eigenvalue weighted by Crippen LogP contribution is -2.29. The minimum absolute atomic E-state index is 0.505. The first-order chi connectivity index (χ1) is 11.5. The first kappa shape index (κ1) is 15.9. The highest BCUT2D eigenvalue weighted by Crippen LogP contribution is 2.53. The van der Waals surface area contributed by atoms with Gasteiger partial charge in [-0.25, -0.2) is 4.98 Å². The highest BCUT2D eigenvalue weighted by atomic mass is 31.2. The van der Waals surface area contributed by atoms with Crippen LogP contribution >= 0.6 is 7.14 Å². The summed E-state index contributed by atoms with van der Waals surface area (Å²) in [5, 5.41) is 4.53. The van der Waals surface area contributed by atoms with Crippen LogP contribution in [0.1, 0.15) is 30.7 Å². The number of benzene rings is 1. The number of hydrogen-bond donors (Lipinski definition) is 1. The van der Waals surface area contributed by atoms with E-state index in [0.717, 1.165) is 28.9 Å². The highest BCUT2D eigenvalue weighted by molar-refractivity contribution is 7.70. The quantitative estimate of drug-likeness (QED) is 0.843. The van der Waals surface area contributed by atoms with Crippen molar-refractivity contribution in [3.63, 3.8) is 0 Å². The molecule has 0 radical (unpaired) electrons. The van der Waals surface area contributed by atoms with E-state index in [1.54, 1.807) is 6.20 Å². The second-order valence-electron chi connectivity index (χ2n) is 7.75. The van der Waals surface area contributed by atoms with Gasteiger partial charge in [-0.05, 0) is 68.0 Å². The van der Waals surface area contributed by atoms with Crippen LogP contribution in [-0.4, -0.2) is 24.4 Å². The summed E-state index contributed by atoms with van der Waals surface area (Å²) in [4.78, 5) is 4.44. The number of fused-ring (bicyclic) bond motifs is 2. The predicted molar refractivity (Wildman–Crippen MR) is 101 cm³/mol. The topological polar surface area (TPSA) is 42.0 Å². The van der Waals surface area contributed by atoms with E-state index in [2.05, 4.69) is 40.6 Å².